The van der Waals surface area contributed by atoms with Crippen LogP contribution >= 0.6 is 22.7 Å². The molecule has 2 aromatic rings. The van der Waals surface area contributed by atoms with Crippen LogP contribution < -0.4 is 5.32 Å². The van der Waals surface area contributed by atoms with E-state index in [2.05, 4.69) is 46.4 Å². The van der Waals surface area contributed by atoms with Crippen molar-refractivity contribution in [3.63, 3.8) is 0 Å². The predicted octanol–water partition coefficient (Wildman–Crippen LogP) is 4.49. The second-order valence-corrected chi connectivity index (χ2v) is 7.25. The van der Waals surface area contributed by atoms with Crippen molar-refractivity contribution in [2.75, 3.05) is 6.54 Å². The number of thiophene rings is 2. The van der Waals surface area contributed by atoms with Gasteiger partial charge in [-0.15, -0.1) is 11.3 Å². The molecule has 0 saturated carbocycles. The fourth-order valence-corrected chi connectivity index (χ4v) is 4.29. The fourth-order valence-electron chi connectivity index (χ4n) is 2.56. The minimum Gasteiger partial charge on any atom is -0.355 e. The largest absolute Gasteiger partial charge is 0.355 e. The SMILES string of the molecule is O=C(NCCc1ccc(-c2ccsc2)s1)C1CC=CCC1. The molecule has 0 fully saturated rings. The van der Waals surface area contributed by atoms with Crippen LogP contribution in [0.4, 0.5) is 0 Å². The van der Waals surface area contributed by atoms with Gasteiger partial charge in [-0.25, -0.2) is 0 Å². The lowest BCUT2D eigenvalue weighted by Gasteiger charge is -2.16. The van der Waals surface area contributed by atoms with E-state index in [1.54, 1.807) is 11.3 Å². The van der Waals surface area contributed by atoms with E-state index in [-0.39, 0.29) is 11.8 Å². The molecule has 1 aliphatic carbocycles. The predicted molar refractivity (Wildman–Crippen MR) is 90.8 cm³/mol. The Morgan fingerprint density at radius 3 is 3.00 bits per heavy atom. The molecule has 1 unspecified atom stereocenters. The van der Waals surface area contributed by atoms with Crippen LogP contribution in [0.25, 0.3) is 10.4 Å². The van der Waals surface area contributed by atoms with Gasteiger partial charge in [-0.2, -0.15) is 11.3 Å². The number of nitrogens with one attached hydrogen (secondary N) is 1. The third-order valence-corrected chi connectivity index (χ3v) is 5.66. The van der Waals surface area contributed by atoms with E-state index in [0.29, 0.717) is 0 Å². The summed E-state index contributed by atoms with van der Waals surface area (Å²) in [6.45, 7) is 0.739. The topological polar surface area (TPSA) is 29.1 Å². The van der Waals surface area contributed by atoms with Gasteiger partial charge in [0.05, 0.1) is 0 Å². The summed E-state index contributed by atoms with van der Waals surface area (Å²) >= 11 is 3.55. The van der Waals surface area contributed by atoms with Crippen molar-refractivity contribution in [2.45, 2.75) is 25.7 Å². The van der Waals surface area contributed by atoms with Crippen LogP contribution in [-0.2, 0) is 11.2 Å². The highest BCUT2D eigenvalue weighted by Gasteiger charge is 2.17. The van der Waals surface area contributed by atoms with Crippen molar-refractivity contribution >= 4 is 28.6 Å². The monoisotopic (exact) mass is 317 g/mol. The van der Waals surface area contributed by atoms with Gasteiger partial charge in [-0.05, 0) is 54.6 Å². The van der Waals surface area contributed by atoms with Crippen LogP contribution in [0.2, 0.25) is 0 Å². The van der Waals surface area contributed by atoms with Crippen LogP contribution in [0.15, 0.2) is 41.1 Å². The molecule has 21 heavy (non-hydrogen) atoms. The van der Waals surface area contributed by atoms with Crippen LogP contribution in [0.1, 0.15) is 24.1 Å². The molecule has 0 saturated heterocycles. The lowest BCUT2D eigenvalue weighted by atomic mass is 9.94. The molecule has 4 heteroatoms. The number of carbonyl (C=O) groups is 1. The van der Waals surface area contributed by atoms with E-state index in [1.807, 2.05) is 11.3 Å². The summed E-state index contributed by atoms with van der Waals surface area (Å²) in [4.78, 5) is 14.7. The van der Waals surface area contributed by atoms with Gasteiger partial charge in [0.15, 0.2) is 0 Å². The van der Waals surface area contributed by atoms with E-state index in [4.69, 9.17) is 0 Å². The maximum Gasteiger partial charge on any atom is 0.223 e. The van der Waals surface area contributed by atoms with Crippen molar-refractivity contribution in [3.8, 4) is 10.4 Å². The molecule has 1 amide bonds. The zero-order chi connectivity index (χ0) is 14.5. The summed E-state index contributed by atoms with van der Waals surface area (Å²) in [5.41, 5.74) is 1.30. The number of hydrogen-bond acceptors (Lipinski definition) is 3. The molecule has 1 aliphatic rings. The van der Waals surface area contributed by atoms with Gasteiger partial charge in [-0.3, -0.25) is 4.79 Å². The van der Waals surface area contributed by atoms with Crippen LogP contribution in [0.5, 0.6) is 0 Å². The average Bonchev–Trinajstić information content (AvgIpc) is 3.19. The normalized spacial score (nSPS) is 17.8. The summed E-state index contributed by atoms with van der Waals surface area (Å²) < 4.78 is 0. The first-order valence-corrected chi connectivity index (χ1v) is 9.13. The first-order chi connectivity index (χ1) is 10.3. The maximum atomic E-state index is 12.0. The quantitative estimate of drug-likeness (QED) is 0.809. The van der Waals surface area contributed by atoms with E-state index in [1.165, 1.54) is 15.3 Å². The highest BCUT2D eigenvalue weighted by molar-refractivity contribution is 7.16. The molecule has 2 nitrogen and oxygen atoms in total. The molecular weight excluding hydrogens is 298 g/mol. The van der Waals surface area contributed by atoms with Crippen molar-refractivity contribution in [1.29, 1.82) is 0 Å². The number of carbonyl (C=O) groups excluding carboxylic acids is 1. The number of allylic oxidation sites excluding steroid dienone is 2. The van der Waals surface area contributed by atoms with Crippen molar-refractivity contribution in [3.05, 3.63) is 46.0 Å². The van der Waals surface area contributed by atoms with Crippen LogP contribution in [0, 0.1) is 5.92 Å². The molecule has 0 aromatic carbocycles. The van der Waals surface area contributed by atoms with E-state index in [9.17, 15) is 4.79 Å². The Balaban J connectivity index is 1.47. The molecule has 0 radical (unpaired) electrons. The van der Waals surface area contributed by atoms with Gasteiger partial charge in [-0.1, -0.05) is 12.2 Å². The third kappa shape index (κ3) is 3.83. The minimum atomic E-state index is 0.180. The summed E-state index contributed by atoms with van der Waals surface area (Å²) in [6, 6.07) is 6.50. The zero-order valence-corrected chi connectivity index (χ0v) is 13.5. The fraction of sp³-hybridized carbons (Fsp3) is 0.353. The Labute approximate surface area is 133 Å². The molecule has 2 aromatic heterocycles. The summed E-state index contributed by atoms with van der Waals surface area (Å²) in [5.74, 6) is 0.397. The Kier molecular flexibility index (Phi) is 4.88. The zero-order valence-electron chi connectivity index (χ0n) is 11.9. The van der Waals surface area contributed by atoms with Gasteiger partial charge >= 0.3 is 0 Å². The average molecular weight is 317 g/mol. The van der Waals surface area contributed by atoms with E-state index in [0.717, 1.165) is 32.2 Å². The molecule has 3 rings (SSSR count). The molecule has 0 bridgehead atoms. The minimum absolute atomic E-state index is 0.180. The summed E-state index contributed by atoms with van der Waals surface area (Å²) in [5, 5.41) is 7.36. The molecule has 0 aliphatic heterocycles. The standard InChI is InChI=1S/C17H19NOS2/c19-17(13-4-2-1-3-5-13)18-10-8-15-6-7-16(21-15)14-9-11-20-12-14/h1-2,6-7,9,11-13H,3-5,8,10H2,(H,18,19). The first kappa shape index (κ1) is 14.5. The Hall–Kier alpha value is -1.39. The van der Waals surface area contributed by atoms with Gasteiger partial charge in [0.2, 0.25) is 5.91 Å². The Bertz CT molecular complexity index is 613. The lowest BCUT2D eigenvalue weighted by molar-refractivity contribution is -0.125. The van der Waals surface area contributed by atoms with Gasteiger partial charge in [0, 0.05) is 27.8 Å². The second kappa shape index (κ2) is 7.05. The van der Waals surface area contributed by atoms with Crippen molar-refractivity contribution in [2.24, 2.45) is 5.92 Å². The summed E-state index contributed by atoms with van der Waals surface area (Å²) in [6.07, 6.45) is 8.13. The molecule has 0 spiro atoms. The van der Waals surface area contributed by atoms with Gasteiger partial charge in [0.1, 0.15) is 0 Å². The summed E-state index contributed by atoms with van der Waals surface area (Å²) in [7, 11) is 0. The number of rotatable bonds is 5. The number of hydrogen-bond donors (Lipinski definition) is 1. The molecule has 1 atom stereocenters. The highest BCUT2D eigenvalue weighted by atomic mass is 32.1. The van der Waals surface area contributed by atoms with E-state index >= 15 is 0 Å². The molecule has 110 valence electrons. The second-order valence-electron chi connectivity index (χ2n) is 5.30. The van der Waals surface area contributed by atoms with Gasteiger partial charge < -0.3 is 5.32 Å². The van der Waals surface area contributed by atoms with Gasteiger partial charge in [0.25, 0.3) is 0 Å². The maximum absolute atomic E-state index is 12.0. The van der Waals surface area contributed by atoms with Crippen LogP contribution in [-0.4, -0.2) is 12.5 Å². The van der Waals surface area contributed by atoms with E-state index < -0.39 is 0 Å². The molecule has 2 heterocycles. The smallest absolute Gasteiger partial charge is 0.223 e. The Morgan fingerprint density at radius 1 is 1.29 bits per heavy atom. The number of amides is 1. The van der Waals surface area contributed by atoms with Crippen molar-refractivity contribution in [1.82, 2.24) is 5.32 Å². The third-order valence-electron chi connectivity index (χ3n) is 3.78. The molecular formula is C17H19NOS2. The highest BCUT2D eigenvalue weighted by Crippen LogP contribution is 2.29. The van der Waals surface area contributed by atoms with Crippen molar-refractivity contribution < 1.29 is 4.79 Å². The lowest BCUT2D eigenvalue weighted by Crippen LogP contribution is -2.32. The first-order valence-electron chi connectivity index (χ1n) is 7.37. The Morgan fingerprint density at radius 2 is 2.24 bits per heavy atom. The molecule has 1 N–H and O–H groups in total. The van der Waals surface area contributed by atoms with Crippen LogP contribution in [0.3, 0.4) is 0 Å².